The van der Waals surface area contributed by atoms with E-state index in [2.05, 4.69) is 5.32 Å². The Kier molecular flexibility index (Phi) is 4.71. The van der Waals surface area contributed by atoms with E-state index in [1.807, 2.05) is 0 Å². The van der Waals surface area contributed by atoms with Gasteiger partial charge in [-0.15, -0.1) is 0 Å². The summed E-state index contributed by atoms with van der Waals surface area (Å²) in [6.07, 6.45) is 0.660. The molecule has 16 heavy (non-hydrogen) atoms. The molecule has 3 nitrogen and oxygen atoms in total. The maximum Gasteiger partial charge on any atom is 0.320 e. The maximum atomic E-state index is 13.3. The van der Waals surface area contributed by atoms with Crippen LogP contribution in [0.25, 0.3) is 0 Å². The van der Waals surface area contributed by atoms with Crippen molar-refractivity contribution in [2.75, 3.05) is 7.05 Å². The first-order valence-corrected chi connectivity index (χ1v) is 5.26. The summed E-state index contributed by atoms with van der Waals surface area (Å²) in [5, 5.41) is 11.9. The number of carboxylic acid groups (broad SMARTS) is 1. The molecular formula is C11H13ClFNO2. The van der Waals surface area contributed by atoms with Gasteiger partial charge in [0.2, 0.25) is 0 Å². The number of carboxylic acids is 1. The van der Waals surface area contributed by atoms with Crippen LogP contribution in [0, 0.1) is 5.82 Å². The molecule has 0 aliphatic rings. The van der Waals surface area contributed by atoms with Crippen molar-refractivity contribution in [2.24, 2.45) is 0 Å². The fourth-order valence-electron chi connectivity index (χ4n) is 1.43. The smallest absolute Gasteiger partial charge is 0.320 e. The molecule has 0 aromatic heterocycles. The molecule has 0 saturated heterocycles. The number of hydrogen-bond acceptors (Lipinski definition) is 2. The van der Waals surface area contributed by atoms with Gasteiger partial charge in [-0.3, -0.25) is 4.79 Å². The van der Waals surface area contributed by atoms with Gasteiger partial charge in [-0.2, -0.15) is 0 Å². The molecule has 0 aliphatic heterocycles. The van der Waals surface area contributed by atoms with Crippen molar-refractivity contribution < 1.29 is 14.3 Å². The first kappa shape index (κ1) is 12.9. The van der Waals surface area contributed by atoms with Gasteiger partial charge in [-0.1, -0.05) is 11.6 Å². The quantitative estimate of drug-likeness (QED) is 0.835. The van der Waals surface area contributed by atoms with Crippen molar-refractivity contribution in [1.29, 1.82) is 0 Å². The summed E-state index contributed by atoms with van der Waals surface area (Å²) in [7, 11) is 1.56. The zero-order valence-electron chi connectivity index (χ0n) is 8.84. The second-order valence-corrected chi connectivity index (χ2v) is 3.89. The van der Waals surface area contributed by atoms with Crippen molar-refractivity contribution in [3.8, 4) is 0 Å². The van der Waals surface area contributed by atoms with Crippen LogP contribution in [0.1, 0.15) is 12.0 Å². The van der Waals surface area contributed by atoms with Gasteiger partial charge in [-0.05, 0) is 43.7 Å². The standard InChI is InChI=1S/C11H13ClFNO2/c1-14-10(11(15)16)5-2-7-6-8(12)3-4-9(7)13/h3-4,6,10,14H,2,5H2,1H3,(H,15,16). The fraction of sp³-hybridized carbons (Fsp3) is 0.364. The number of benzene rings is 1. The van der Waals surface area contributed by atoms with Gasteiger partial charge in [-0.25, -0.2) is 4.39 Å². The lowest BCUT2D eigenvalue weighted by molar-refractivity contribution is -0.139. The van der Waals surface area contributed by atoms with Crippen LogP contribution in [0.15, 0.2) is 18.2 Å². The van der Waals surface area contributed by atoms with Gasteiger partial charge in [0.15, 0.2) is 0 Å². The molecule has 0 heterocycles. The van der Waals surface area contributed by atoms with E-state index in [4.69, 9.17) is 16.7 Å². The summed E-state index contributed by atoms with van der Waals surface area (Å²) < 4.78 is 13.3. The van der Waals surface area contributed by atoms with Crippen molar-refractivity contribution in [1.82, 2.24) is 5.32 Å². The van der Waals surface area contributed by atoms with Crippen molar-refractivity contribution >= 4 is 17.6 Å². The number of hydrogen-bond donors (Lipinski definition) is 2. The maximum absolute atomic E-state index is 13.3. The molecule has 0 aliphatic carbocycles. The molecule has 1 aromatic rings. The average Bonchev–Trinajstić information content (AvgIpc) is 2.23. The van der Waals surface area contributed by atoms with E-state index in [9.17, 15) is 9.18 Å². The molecule has 0 amide bonds. The molecule has 0 fully saturated rings. The monoisotopic (exact) mass is 245 g/mol. The number of aliphatic carboxylic acids is 1. The fourth-order valence-corrected chi connectivity index (χ4v) is 1.62. The molecule has 1 aromatic carbocycles. The second kappa shape index (κ2) is 5.82. The summed E-state index contributed by atoms with van der Waals surface area (Å²) in [5.74, 6) is -1.30. The normalized spacial score (nSPS) is 12.4. The van der Waals surface area contributed by atoms with Crippen LogP contribution in [0.3, 0.4) is 0 Å². The van der Waals surface area contributed by atoms with Crippen LogP contribution in [-0.4, -0.2) is 24.2 Å². The Balaban J connectivity index is 2.66. The Hall–Kier alpha value is -1.13. The van der Waals surface area contributed by atoms with E-state index >= 15 is 0 Å². The average molecular weight is 246 g/mol. The van der Waals surface area contributed by atoms with Crippen LogP contribution in [0.4, 0.5) is 4.39 Å². The number of halogens is 2. The SMILES string of the molecule is CNC(CCc1cc(Cl)ccc1F)C(=O)O. The van der Waals surface area contributed by atoms with E-state index in [-0.39, 0.29) is 5.82 Å². The lowest BCUT2D eigenvalue weighted by Crippen LogP contribution is -2.34. The second-order valence-electron chi connectivity index (χ2n) is 3.45. The Labute approximate surface area is 98.2 Å². The van der Waals surface area contributed by atoms with Crippen molar-refractivity contribution in [3.63, 3.8) is 0 Å². The van der Waals surface area contributed by atoms with Gasteiger partial charge < -0.3 is 10.4 Å². The highest BCUT2D eigenvalue weighted by atomic mass is 35.5. The summed E-state index contributed by atoms with van der Waals surface area (Å²) in [4.78, 5) is 10.7. The van der Waals surface area contributed by atoms with E-state index in [0.29, 0.717) is 23.4 Å². The predicted octanol–water partition coefficient (Wildman–Crippen LogP) is 2.08. The Bertz CT molecular complexity index is 384. The predicted molar refractivity (Wildman–Crippen MR) is 60.2 cm³/mol. The molecule has 1 unspecified atom stereocenters. The van der Waals surface area contributed by atoms with E-state index in [1.165, 1.54) is 18.2 Å². The third-order valence-electron chi connectivity index (χ3n) is 2.36. The first-order valence-electron chi connectivity index (χ1n) is 4.88. The summed E-state index contributed by atoms with van der Waals surface area (Å²) in [6, 6.07) is 3.60. The molecule has 0 radical (unpaired) electrons. The van der Waals surface area contributed by atoms with Crippen LogP contribution < -0.4 is 5.32 Å². The van der Waals surface area contributed by atoms with Crippen LogP contribution in [-0.2, 0) is 11.2 Å². The first-order chi connectivity index (χ1) is 7.54. The zero-order chi connectivity index (χ0) is 12.1. The number of likely N-dealkylation sites (N-methyl/N-ethyl adjacent to an activating group) is 1. The Morgan fingerprint density at radius 3 is 2.88 bits per heavy atom. The van der Waals surface area contributed by atoms with Gasteiger partial charge >= 0.3 is 5.97 Å². The molecule has 1 rings (SSSR count). The van der Waals surface area contributed by atoms with Crippen molar-refractivity contribution in [3.05, 3.63) is 34.6 Å². The summed E-state index contributed by atoms with van der Waals surface area (Å²) in [5.41, 5.74) is 0.439. The van der Waals surface area contributed by atoms with Crippen LogP contribution in [0.2, 0.25) is 5.02 Å². The van der Waals surface area contributed by atoms with Gasteiger partial charge in [0.1, 0.15) is 11.9 Å². The van der Waals surface area contributed by atoms with E-state index in [0.717, 1.165) is 0 Å². The van der Waals surface area contributed by atoms with Gasteiger partial charge in [0.25, 0.3) is 0 Å². The highest BCUT2D eigenvalue weighted by Gasteiger charge is 2.15. The lowest BCUT2D eigenvalue weighted by Gasteiger charge is -2.11. The lowest BCUT2D eigenvalue weighted by atomic mass is 10.0. The minimum atomic E-state index is -0.940. The highest BCUT2D eigenvalue weighted by Crippen LogP contribution is 2.16. The number of nitrogens with one attached hydrogen (secondary N) is 1. The van der Waals surface area contributed by atoms with Crippen molar-refractivity contribution in [2.45, 2.75) is 18.9 Å². The highest BCUT2D eigenvalue weighted by molar-refractivity contribution is 6.30. The van der Waals surface area contributed by atoms with Crippen LogP contribution >= 0.6 is 11.6 Å². The Morgan fingerprint density at radius 2 is 2.31 bits per heavy atom. The zero-order valence-corrected chi connectivity index (χ0v) is 9.59. The summed E-state index contributed by atoms with van der Waals surface area (Å²) in [6.45, 7) is 0. The van der Waals surface area contributed by atoms with E-state index in [1.54, 1.807) is 7.05 Å². The minimum absolute atomic E-state index is 0.323. The molecule has 0 bridgehead atoms. The molecule has 0 saturated carbocycles. The number of carbonyl (C=O) groups is 1. The molecule has 88 valence electrons. The minimum Gasteiger partial charge on any atom is -0.480 e. The number of aryl methyl sites for hydroxylation is 1. The third kappa shape index (κ3) is 3.47. The number of rotatable bonds is 5. The molecule has 0 spiro atoms. The van der Waals surface area contributed by atoms with Crippen LogP contribution in [0.5, 0.6) is 0 Å². The third-order valence-corrected chi connectivity index (χ3v) is 2.59. The molecular weight excluding hydrogens is 233 g/mol. The van der Waals surface area contributed by atoms with Gasteiger partial charge in [0, 0.05) is 5.02 Å². The molecule has 2 N–H and O–H groups in total. The topological polar surface area (TPSA) is 49.3 Å². The van der Waals surface area contributed by atoms with E-state index < -0.39 is 12.0 Å². The largest absolute Gasteiger partial charge is 0.480 e. The molecule has 5 heteroatoms. The summed E-state index contributed by atoms with van der Waals surface area (Å²) >= 11 is 5.73. The van der Waals surface area contributed by atoms with Gasteiger partial charge in [0.05, 0.1) is 0 Å². The Morgan fingerprint density at radius 1 is 1.62 bits per heavy atom. The molecule has 1 atom stereocenters.